The molecule has 4 heteroatoms. The van der Waals surface area contributed by atoms with Crippen LogP contribution in [-0.4, -0.2) is 24.6 Å². The summed E-state index contributed by atoms with van der Waals surface area (Å²) in [7, 11) is 0. The molecule has 0 radical (unpaired) electrons. The fourth-order valence-electron chi connectivity index (χ4n) is 4.91. The van der Waals surface area contributed by atoms with Gasteiger partial charge in [-0.25, -0.2) is 4.79 Å². The van der Waals surface area contributed by atoms with Gasteiger partial charge in [0.2, 0.25) is 0 Å². The van der Waals surface area contributed by atoms with Crippen LogP contribution in [0, 0.1) is 18.3 Å². The van der Waals surface area contributed by atoms with Gasteiger partial charge in [-0.2, -0.15) is 0 Å². The van der Waals surface area contributed by atoms with Crippen molar-refractivity contribution in [3.05, 3.63) is 35.4 Å². The van der Waals surface area contributed by atoms with Crippen LogP contribution in [0.3, 0.4) is 0 Å². The lowest BCUT2D eigenvalue weighted by Crippen LogP contribution is -2.48. The van der Waals surface area contributed by atoms with Gasteiger partial charge < -0.3 is 9.47 Å². The number of carbonyl (C=O) groups excluding carboxylic acids is 2. The number of benzene rings is 1. The predicted molar refractivity (Wildman–Crippen MR) is 99.9 cm³/mol. The van der Waals surface area contributed by atoms with Crippen LogP contribution in [0.4, 0.5) is 0 Å². The van der Waals surface area contributed by atoms with Crippen molar-refractivity contribution in [3.63, 3.8) is 0 Å². The first kappa shape index (κ1) is 18.9. The maximum absolute atomic E-state index is 13.0. The number of carbonyl (C=O) groups is 2. The summed E-state index contributed by atoms with van der Waals surface area (Å²) < 4.78 is 11.5. The molecule has 1 aromatic carbocycles. The second-order valence-electron chi connectivity index (χ2n) is 7.70. The number of esters is 2. The Balaban J connectivity index is 1.86. The lowest BCUT2D eigenvalue weighted by molar-refractivity contribution is -0.168. The molecule has 2 aliphatic rings. The monoisotopic (exact) mass is 358 g/mol. The van der Waals surface area contributed by atoms with Crippen LogP contribution in [0.5, 0.6) is 0 Å². The highest BCUT2D eigenvalue weighted by molar-refractivity contribution is 5.91. The van der Waals surface area contributed by atoms with Crippen LogP contribution >= 0.6 is 0 Å². The minimum absolute atomic E-state index is 0.160. The molecular weight excluding hydrogens is 328 g/mol. The first-order valence-electron chi connectivity index (χ1n) is 10.0. The number of hydrogen-bond acceptors (Lipinski definition) is 4. The standard InChI is InChI=1S/C22H30O4/c1-3-25-21(24)22(17-11-5-4-6-12-17)15-9-14-19(22)26-20(23)18-13-8-7-10-16(18)2/h7-8,10,13,17,19H,3-6,9,11-12,14-15H2,1-2H3. The van der Waals surface area contributed by atoms with E-state index in [-0.39, 0.29) is 24.0 Å². The first-order valence-corrected chi connectivity index (χ1v) is 10.0. The Labute approximate surface area is 156 Å². The van der Waals surface area contributed by atoms with E-state index in [0.29, 0.717) is 12.2 Å². The van der Waals surface area contributed by atoms with Crippen molar-refractivity contribution in [2.45, 2.75) is 71.3 Å². The molecule has 2 aliphatic carbocycles. The summed E-state index contributed by atoms with van der Waals surface area (Å²) in [6.07, 6.45) is 7.60. The molecule has 0 aliphatic heterocycles. The quantitative estimate of drug-likeness (QED) is 0.707. The van der Waals surface area contributed by atoms with Crippen LogP contribution < -0.4 is 0 Å². The van der Waals surface area contributed by atoms with Crippen molar-refractivity contribution in [2.75, 3.05) is 6.61 Å². The van der Waals surface area contributed by atoms with Crippen molar-refractivity contribution < 1.29 is 19.1 Å². The van der Waals surface area contributed by atoms with Gasteiger partial charge in [-0.15, -0.1) is 0 Å². The summed E-state index contributed by atoms with van der Waals surface area (Å²) in [4.78, 5) is 25.8. The average Bonchev–Trinajstić information content (AvgIpc) is 3.07. The molecule has 2 unspecified atom stereocenters. The summed E-state index contributed by atoms with van der Waals surface area (Å²) in [5.41, 5.74) is 0.824. The summed E-state index contributed by atoms with van der Waals surface area (Å²) in [5, 5.41) is 0. The van der Waals surface area contributed by atoms with E-state index in [2.05, 4.69) is 0 Å². The molecule has 2 saturated carbocycles. The second-order valence-corrected chi connectivity index (χ2v) is 7.70. The molecule has 0 amide bonds. The highest BCUT2D eigenvalue weighted by Gasteiger charge is 2.57. The van der Waals surface area contributed by atoms with E-state index < -0.39 is 5.41 Å². The highest BCUT2D eigenvalue weighted by Crippen LogP contribution is 2.52. The van der Waals surface area contributed by atoms with Gasteiger partial charge in [0, 0.05) is 0 Å². The van der Waals surface area contributed by atoms with Gasteiger partial charge in [-0.1, -0.05) is 37.5 Å². The molecule has 1 aromatic rings. The van der Waals surface area contributed by atoms with E-state index in [0.717, 1.165) is 50.5 Å². The average molecular weight is 358 g/mol. The largest absolute Gasteiger partial charge is 0.465 e. The molecule has 4 nitrogen and oxygen atoms in total. The fraction of sp³-hybridized carbons (Fsp3) is 0.636. The molecule has 0 N–H and O–H groups in total. The molecule has 0 bridgehead atoms. The zero-order chi connectivity index (χ0) is 18.6. The molecule has 2 atom stereocenters. The number of ether oxygens (including phenoxy) is 2. The van der Waals surface area contributed by atoms with E-state index in [1.54, 1.807) is 6.07 Å². The van der Waals surface area contributed by atoms with Crippen molar-refractivity contribution >= 4 is 11.9 Å². The molecule has 2 fully saturated rings. The van der Waals surface area contributed by atoms with E-state index >= 15 is 0 Å². The molecule has 0 saturated heterocycles. The zero-order valence-corrected chi connectivity index (χ0v) is 16.0. The van der Waals surface area contributed by atoms with Gasteiger partial charge >= 0.3 is 11.9 Å². The van der Waals surface area contributed by atoms with Gasteiger partial charge in [0.1, 0.15) is 11.5 Å². The van der Waals surface area contributed by atoms with Gasteiger partial charge in [-0.3, -0.25) is 4.79 Å². The van der Waals surface area contributed by atoms with Gasteiger partial charge in [0.05, 0.1) is 12.2 Å². The molecule has 26 heavy (non-hydrogen) atoms. The summed E-state index contributed by atoms with van der Waals surface area (Å²) in [6, 6.07) is 7.45. The minimum Gasteiger partial charge on any atom is -0.465 e. The Hall–Kier alpha value is -1.84. The Morgan fingerprint density at radius 3 is 2.50 bits per heavy atom. The maximum Gasteiger partial charge on any atom is 0.338 e. The third-order valence-corrected chi connectivity index (χ3v) is 6.23. The zero-order valence-electron chi connectivity index (χ0n) is 16.0. The Morgan fingerprint density at radius 2 is 1.81 bits per heavy atom. The van der Waals surface area contributed by atoms with E-state index in [1.165, 1.54) is 6.42 Å². The normalized spacial score (nSPS) is 26.5. The third-order valence-electron chi connectivity index (χ3n) is 6.23. The van der Waals surface area contributed by atoms with Crippen LogP contribution in [0.25, 0.3) is 0 Å². The molecule has 3 rings (SSSR count). The Kier molecular flexibility index (Phi) is 6.00. The fourth-order valence-corrected chi connectivity index (χ4v) is 4.91. The summed E-state index contributed by atoms with van der Waals surface area (Å²) in [5.74, 6) is -0.223. The van der Waals surface area contributed by atoms with Crippen molar-refractivity contribution in [1.29, 1.82) is 0 Å². The minimum atomic E-state index is -0.658. The lowest BCUT2D eigenvalue weighted by atomic mass is 9.66. The van der Waals surface area contributed by atoms with Crippen LogP contribution in [0.15, 0.2) is 24.3 Å². The van der Waals surface area contributed by atoms with Crippen LogP contribution in [0.2, 0.25) is 0 Å². The molecule has 0 spiro atoms. The SMILES string of the molecule is CCOC(=O)C1(C2CCCCC2)CCCC1OC(=O)c1ccccc1C. The Morgan fingerprint density at radius 1 is 1.08 bits per heavy atom. The van der Waals surface area contributed by atoms with Gasteiger partial charge in [0.15, 0.2) is 0 Å². The van der Waals surface area contributed by atoms with Crippen molar-refractivity contribution in [3.8, 4) is 0 Å². The first-order chi connectivity index (χ1) is 12.6. The molecular formula is C22H30O4. The number of rotatable bonds is 5. The smallest absolute Gasteiger partial charge is 0.338 e. The Bertz CT molecular complexity index is 647. The predicted octanol–water partition coefficient (Wildman–Crippen LogP) is 4.83. The molecule has 0 heterocycles. The van der Waals surface area contributed by atoms with Crippen molar-refractivity contribution in [2.24, 2.45) is 11.3 Å². The van der Waals surface area contributed by atoms with Crippen LogP contribution in [0.1, 0.15) is 74.2 Å². The maximum atomic E-state index is 13.0. The lowest BCUT2D eigenvalue weighted by Gasteiger charge is -2.41. The van der Waals surface area contributed by atoms with E-state index in [4.69, 9.17) is 9.47 Å². The molecule has 0 aromatic heterocycles. The van der Waals surface area contributed by atoms with E-state index in [1.807, 2.05) is 32.0 Å². The molecule has 142 valence electrons. The second kappa shape index (κ2) is 8.24. The topological polar surface area (TPSA) is 52.6 Å². The van der Waals surface area contributed by atoms with Crippen molar-refractivity contribution in [1.82, 2.24) is 0 Å². The third kappa shape index (κ3) is 3.51. The van der Waals surface area contributed by atoms with Crippen LogP contribution in [-0.2, 0) is 14.3 Å². The number of aryl methyl sites for hydroxylation is 1. The van der Waals surface area contributed by atoms with Gasteiger partial charge in [0.25, 0.3) is 0 Å². The number of hydrogen-bond donors (Lipinski definition) is 0. The summed E-state index contributed by atoms with van der Waals surface area (Å²) >= 11 is 0. The summed E-state index contributed by atoms with van der Waals surface area (Å²) in [6.45, 7) is 4.12. The van der Waals surface area contributed by atoms with Gasteiger partial charge in [-0.05, 0) is 63.5 Å². The highest BCUT2D eigenvalue weighted by atomic mass is 16.6. The van der Waals surface area contributed by atoms with E-state index in [9.17, 15) is 9.59 Å².